The lowest BCUT2D eigenvalue weighted by Crippen LogP contribution is -2.35. The second kappa shape index (κ2) is 4.92. The summed E-state index contributed by atoms with van der Waals surface area (Å²) < 4.78 is 27.8. The van der Waals surface area contributed by atoms with Crippen LogP contribution in [0.15, 0.2) is 35.2 Å². The normalized spacial score (nSPS) is 15.7. The molecule has 1 aromatic carbocycles. The fraction of sp³-hybridized carbons (Fsp3) is 0.400. The molecule has 0 spiro atoms. The summed E-state index contributed by atoms with van der Waals surface area (Å²) in [7, 11) is -3.87. The molecule has 0 aromatic heterocycles. The molecular weight excluding hydrogens is 232 g/mol. The summed E-state index contributed by atoms with van der Waals surface area (Å²) in [5.41, 5.74) is -1.57. The zero-order chi connectivity index (χ0) is 12.2. The third kappa shape index (κ3) is 3.57. The Morgan fingerprint density at radius 1 is 1.31 bits per heavy atom. The molecule has 0 unspecified atom stereocenters. The second-order valence-corrected chi connectivity index (χ2v) is 5.30. The molecule has 90 valence electrons. The molecule has 5 nitrogen and oxygen atoms in total. The van der Waals surface area contributed by atoms with Gasteiger partial charge in [-0.2, -0.15) is 8.42 Å². The van der Waals surface area contributed by atoms with E-state index >= 15 is 0 Å². The Bertz CT molecular complexity index is 424. The highest BCUT2D eigenvalue weighted by Gasteiger charge is 2.24. The van der Waals surface area contributed by atoms with Crippen LogP contribution in [0.1, 0.15) is 6.92 Å². The minimum absolute atomic E-state index is 0.0174. The van der Waals surface area contributed by atoms with Gasteiger partial charge in [-0.3, -0.25) is 4.18 Å². The van der Waals surface area contributed by atoms with E-state index in [0.717, 1.165) is 0 Å². The van der Waals surface area contributed by atoms with Gasteiger partial charge in [0.05, 0.1) is 18.1 Å². The van der Waals surface area contributed by atoms with Crippen LogP contribution in [0.4, 0.5) is 0 Å². The molecule has 1 atom stereocenters. The molecule has 0 saturated heterocycles. The van der Waals surface area contributed by atoms with Crippen LogP contribution >= 0.6 is 0 Å². The first kappa shape index (κ1) is 13.1. The topological polar surface area (TPSA) is 83.8 Å². The number of hydrogen-bond acceptors (Lipinski definition) is 5. The largest absolute Gasteiger partial charge is 0.393 e. The minimum atomic E-state index is -3.87. The number of benzene rings is 1. The fourth-order valence-electron chi connectivity index (χ4n) is 0.905. The van der Waals surface area contributed by atoms with Crippen molar-refractivity contribution in [2.24, 2.45) is 0 Å². The molecule has 16 heavy (non-hydrogen) atoms. The highest BCUT2D eigenvalue weighted by molar-refractivity contribution is 7.86. The van der Waals surface area contributed by atoms with Gasteiger partial charge < -0.3 is 10.2 Å². The predicted octanol–water partition coefficient (Wildman–Crippen LogP) is 0.135. The first-order chi connectivity index (χ1) is 7.37. The lowest BCUT2D eigenvalue weighted by molar-refractivity contribution is -0.0309. The van der Waals surface area contributed by atoms with Crippen LogP contribution in [0.2, 0.25) is 0 Å². The molecule has 0 aliphatic heterocycles. The molecule has 0 radical (unpaired) electrons. The van der Waals surface area contributed by atoms with Crippen molar-refractivity contribution in [3.8, 4) is 0 Å². The molecule has 6 heteroatoms. The average Bonchev–Trinajstić information content (AvgIpc) is 2.28. The highest BCUT2D eigenvalue weighted by atomic mass is 32.2. The van der Waals surface area contributed by atoms with Crippen molar-refractivity contribution >= 4 is 10.1 Å². The zero-order valence-corrected chi connectivity index (χ0v) is 9.64. The smallest absolute Gasteiger partial charge is 0.297 e. The molecule has 2 N–H and O–H groups in total. The monoisotopic (exact) mass is 246 g/mol. The number of aliphatic hydroxyl groups excluding tert-OH is 1. The summed E-state index contributed by atoms with van der Waals surface area (Å²) in [4.78, 5) is 0.0174. The maximum absolute atomic E-state index is 11.6. The van der Waals surface area contributed by atoms with Gasteiger partial charge in [0.1, 0.15) is 5.60 Å². The van der Waals surface area contributed by atoms with Gasteiger partial charge in [0.15, 0.2) is 0 Å². The third-order valence-electron chi connectivity index (χ3n) is 1.90. The first-order valence-electron chi connectivity index (χ1n) is 4.65. The third-order valence-corrected chi connectivity index (χ3v) is 3.18. The molecule has 0 aliphatic rings. The lowest BCUT2D eigenvalue weighted by Gasteiger charge is -2.19. The summed E-state index contributed by atoms with van der Waals surface area (Å²) in [6.45, 7) is 0.228. The summed E-state index contributed by atoms with van der Waals surface area (Å²) in [6.07, 6.45) is 0. The Labute approximate surface area is 94.4 Å². The Hall–Kier alpha value is -0.950. The van der Waals surface area contributed by atoms with Gasteiger partial charge in [-0.15, -0.1) is 0 Å². The molecule has 1 aromatic rings. The Balaban J connectivity index is 2.75. The van der Waals surface area contributed by atoms with Gasteiger partial charge >= 0.3 is 0 Å². The molecule has 0 aliphatic carbocycles. The summed E-state index contributed by atoms with van der Waals surface area (Å²) >= 11 is 0. The minimum Gasteiger partial charge on any atom is -0.393 e. The van der Waals surface area contributed by atoms with Crippen LogP contribution in [0.5, 0.6) is 0 Å². The molecule has 0 amide bonds. The number of hydrogen-bond donors (Lipinski definition) is 2. The number of rotatable bonds is 5. The van der Waals surface area contributed by atoms with Crippen LogP contribution in [-0.2, 0) is 14.3 Å². The molecule has 0 bridgehead atoms. The molecule has 0 fully saturated rings. The number of aliphatic hydroxyl groups is 2. The van der Waals surface area contributed by atoms with Crippen LogP contribution in [0, 0.1) is 0 Å². The van der Waals surface area contributed by atoms with E-state index in [1.165, 1.54) is 19.1 Å². The first-order valence-corrected chi connectivity index (χ1v) is 6.06. The van der Waals surface area contributed by atoms with E-state index in [0.29, 0.717) is 0 Å². The van der Waals surface area contributed by atoms with E-state index in [1.54, 1.807) is 18.2 Å². The van der Waals surface area contributed by atoms with E-state index in [4.69, 9.17) is 5.11 Å². The van der Waals surface area contributed by atoms with Crippen molar-refractivity contribution < 1.29 is 22.8 Å². The van der Waals surface area contributed by atoms with Crippen molar-refractivity contribution in [1.82, 2.24) is 0 Å². The Morgan fingerprint density at radius 2 is 1.88 bits per heavy atom. The van der Waals surface area contributed by atoms with Crippen LogP contribution in [0.25, 0.3) is 0 Å². The fourth-order valence-corrected chi connectivity index (χ4v) is 1.94. The van der Waals surface area contributed by atoms with E-state index in [1.807, 2.05) is 0 Å². The van der Waals surface area contributed by atoms with Gasteiger partial charge in [-0.1, -0.05) is 18.2 Å². The standard InChI is InChI=1S/C10H14O5S/c1-10(12,7-11)8-15-16(13,14)9-5-3-2-4-6-9/h2-6,11-12H,7-8H2,1H3/t10-/m1/s1. The molecule has 1 rings (SSSR count). The van der Waals surface area contributed by atoms with Crippen molar-refractivity contribution in [1.29, 1.82) is 0 Å². The maximum atomic E-state index is 11.6. The van der Waals surface area contributed by atoms with Crippen LogP contribution < -0.4 is 0 Å². The summed E-state index contributed by atoms with van der Waals surface area (Å²) in [5, 5.41) is 18.1. The quantitative estimate of drug-likeness (QED) is 0.722. The molecule has 0 saturated carbocycles. The lowest BCUT2D eigenvalue weighted by atomic mass is 10.1. The predicted molar refractivity (Wildman–Crippen MR) is 57.3 cm³/mol. The van der Waals surface area contributed by atoms with Crippen molar-refractivity contribution in [2.75, 3.05) is 13.2 Å². The Morgan fingerprint density at radius 3 is 2.38 bits per heavy atom. The second-order valence-electron chi connectivity index (χ2n) is 3.68. The van der Waals surface area contributed by atoms with Crippen molar-refractivity contribution in [3.63, 3.8) is 0 Å². The molecular formula is C10H14O5S. The van der Waals surface area contributed by atoms with Gasteiger partial charge in [0.2, 0.25) is 0 Å². The Kier molecular flexibility index (Phi) is 4.03. The van der Waals surface area contributed by atoms with Crippen molar-refractivity contribution in [3.05, 3.63) is 30.3 Å². The van der Waals surface area contributed by atoms with Gasteiger partial charge in [-0.25, -0.2) is 0 Å². The van der Waals surface area contributed by atoms with Crippen LogP contribution in [0.3, 0.4) is 0 Å². The van der Waals surface area contributed by atoms with Gasteiger partial charge in [0, 0.05) is 0 Å². The SMILES string of the molecule is C[C@@](O)(CO)COS(=O)(=O)c1ccccc1. The van der Waals surface area contributed by atoms with E-state index in [-0.39, 0.29) is 4.90 Å². The highest BCUT2D eigenvalue weighted by Crippen LogP contribution is 2.13. The van der Waals surface area contributed by atoms with E-state index in [9.17, 15) is 13.5 Å². The average molecular weight is 246 g/mol. The maximum Gasteiger partial charge on any atom is 0.297 e. The molecule has 0 heterocycles. The van der Waals surface area contributed by atoms with Gasteiger partial charge in [-0.05, 0) is 19.1 Å². The summed E-state index contributed by atoms with van der Waals surface area (Å²) in [6, 6.07) is 7.61. The van der Waals surface area contributed by atoms with E-state index < -0.39 is 28.9 Å². The van der Waals surface area contributed by atoms with Gasteiger partial charge in [0.25, 0.3) is 10.1 Å². The van der Waals surface area contributed by atoms with Crippen LogP contribution in [-0.4, -0.2) is 37.4 Å². The summed E-state index contributed by atoms with van der Waals surface area (Å²) in [5.74, 6) is 0. The zero-order valence-electron chi connectivity index (χ0n) is 8.83. The van der Waals surface area contributed by atoms with Crippen molar-refractivity contribution in [2.45, 2.75) is 17.4 Å². The van der Waals surface area contributed by atoms with E-state index in [2.05, 4.69) is 4.18 Å².